The summed E-state index contributed by atoms with van der Waals surface area (Å²) in [4.78, 5) is 12.7. The Bertz CT molecular complexity index is 782. The van der Waals surface area contributed by atoms with E-state index in [0.717, 1.165) is 29.7 Å². The molecule has 1 unspecified atom stereocenters. The predicted octanol–water partition coefficient (Wildman–Crippen LogP) is 2.43. The minimum Gasteiger partial charge on any atom is -0.345 e. The van der Waals surface area contributed by atoms with Gasteiger partial charge in [-0.25, -0.2) is 0 Å². The lowest BCUT2D eigenvalue weighted by Gasteiger charge is -2.25. The van der Waals surface area contributed by atoms with E-state index in [0.29, 0.717) is 11.8 Å². The Kier molecular flexibility index (Phi) is 3.46. The molecule has 2 fully saturated rings. The summed E-state index contributed by atoms with van der Waals surface area (Å²) < 4.78 is 2.05. The Hall–Kier alpha value is -1.88. The predicted molar refractivity (Wildman–Crippen MR) is 94.6 cm³/mol. The molecule has 4 rings (SSSR count). The van der Waals surface area contributed by atoms with E-state index in [9.17, 15) is 4.79 Å². The van der Waals surface area contributed by atoms with Crippen LogP contribution in [-0.2, 0) is 10.3 Å². The van der Waals surface area contributed by atoms with Gasteiger partial charge in [0.1, 0.15) is 0 Å². The number of nitrogens with one attached hydrogen (secondary N) is 2. The first kappa shape index (κ1) is 15.6. The number of fused-ring (bicyclic) bond motifs is 2. The molecule has 1 aromatic carbocycles. The Labute approximate surface area is 142 Å². The molecule has 0 radical (unpaired) electrons. The van der Waals surface area contributed by atoms with E-state index in [-0.39, 0.29) is 17.9 Å². The van der Waals surface area contributed by atoms with Gasteiger partial charge in [-0.15, -0.1) is 0 Å². The highest BCUT2D eigenvalue weighted by atomic mass is 16.2. The lowest BCUT2D eigenvalue weighted by Crippen LogP contribution is -2.43. The number of carbonyl (C=O) groups excluding carboxylic acids is 1. The molecule has 1 aliphatic heterocycles. The zero-order valence-electron chi connectivity index (χ0n) is 14.8. The Morgan fingerprint density at radius 1 is 1.29 bits per heavy atom. The number of aromatic nitrogens is 2. The average molecular weight is 326 g/mol. The minimum absolute atomic E-state index is 0.180. The molecule has 1 aliphatic carbocycles. The molecule has 5 nitrogen and oxygen atoms in total. The van der Waals surface area contributed by atoms with Gasteiger partial charge in [-0.3, -0.25) is 9.48 Å². The van der Waals surface area contributed by atoms with E-state index < -0.39 is 5.54 Å². The molecule has 2 aromatic rings. The summed E-state index contributed by atoms with van der Waals surface area (Å²) in [6, 6.07) is 8.55. The van der Waals surface area contributed by atoms with Crippen molar-refractivity contribution in [1.82, 2.24) is 20.4 Å². The summed E-state index contributed by atoms with van der Waals surface area (Å²) in [5.41, 5.74) is 1.59. The summed E-state index contributed by atoms with van der Waals surface area (Å²) in [6.07, 6.45) is 0. The topological polar surface area (TPSA) is 59.0 Å². The Morgan fingerprint density at radius 2 is 1.96 bits per heavy atom. The van der Waals surface area contributed by atoms with E-state index in [1.165, 1.54) is 0 Å². The quantitative estimate of drug-likeness (QED) is 0.907. The number of rotatable bonds is 4. The molecule has 0 spiro atoms. The second-order valence-corrected chi connectivity index (χ2v) is 8.03. The van der Waals surface area contributed by atoms with E-state index in [2.05, 4.69) is 50.5 Å². The molecule has 128 valence electrons. The van der Waals surface area contributed by atoms with Crippen LogP contribution in [0.2, 0.25) is 0 Å². The lowest BCUT2D eigenvalue weighted by molar-refractivity contribution is -0.124. The van der Waals surface area contributed by atoms with Crippen molar-refractivity contribution in [1.29, 1.82) is 0 Å². The van der Waals surface area contributed by atoms with Crippen LogP contribution in [0.5, 0.6) is 0 Å². The minimum atomic E-state index is -0.485. The standard InChI is InChI=1S/C19H26N4O/c1-11(2)23-15-8-6-5-7-12(15)17(22-23)19(3,4)21-18(24)16-13-9-20-10-14(13)16/h5-8,11,13-14,16,20H,9-10H2,1-4H3,(H,21,24)/t13-,14+,16?. The van der Waals surface area contributed by atoms with E-state index in [1.807, 2.05) is 16.8 Å². The van der Waals surface area contributed by atoms with Crippen molar-refractivity contribution < 1.29 is 4.79 Å². The van der Waals surface area contributed by atoms with E-state index in [4.69, 9.17) is 5.10 Å². The van der Waals surface area contributed by atoms with Crippen LogP contribution in [0.15, 0.2) is 24.3 Å². The van der Waals surface area contributed by atoms with Crippen molar-refractivity contribution in [3.8, 4) is 0 Å². The summed E-state index contributed by atoms with van der Waals surface area (Å²) in [7, 11) is 0. The number of amides is 1. The van der Waals surface area contributed by atoms with Gasteiger partial charge < -0.3 is 10.6 Å². The fourth-order valence-electron chi connectivity index (χ4n) is 4.20. The number of hydrogen-bond acceptors (Lipinski definition) is 3. The average Bonchev–Trinajstić information content (AvgIpc) is 2.87. The van der Waals surface area contributed by atoms with Crippen molar-refractivity contribution >= 4 is 16.8 Å². The van der Waals surface area contributed by atoms with Gasteiger partial charge in [0, 0.05) is 17.3 Å². The Balaban J connectivity index is 1.64. The van der Waals surface area contributed by atoms with Crippen LogP contribution in [0, 0.1) is 17.8 Å². The molecule has 1 aromatic heterocycles. The van der Waals surface area contributed by atoms with Crippen LogP contribution in [0.4, 0.5) is 0 Å². The molecule has 0 bridgehead atoms. The molecule has 3 atom stereocenters. The zero-order chi connectivity index (χ0) is 17.1. The van der Waals surface area contributed by atoms with Gasteiger partial charge in [-0.1, -0.05) is 18.2 Å². The van der Waals surface area contributed by atoms with Crippen LogP contribution >= 0.6 is 0 Å². The maximum Gasteiger partial charge on any atom is 0.224 e. The molecule has 2 N–H and O–H groups in total. The Morgan fingerprint density at radius 3 is 2.62 bits per heavy atom. The van der Waals surface area contributed by atoms with Crippen molar-refractivity contribution in [3.63, 3.8) is 0 Å². The zero-order valence-corrected chi connectivity index (χ0v) is 14.8. The number of hydrogen-bond donors (Lipinski definition) is 2. The fraction of sp³-hybridized carbons (Fsp3) is 0.579. The van der Waals surface area contributed by atoms with Crippen LogP contribution in [0.1, 0.15) is 39.4 Å². The van der Waals surface area contributed by atoms with Gasteiger partial charge >= 0.3 is 0 Å². The number of carbonyl (C=O) groups is 1. The van der Waals surface area contributed by atoms with Crippen LogP contribution in [0.25, 0.3) is 10.9 Å². The first-order valence-electron chi connectivity index (χ1n) is 8.90. The van der Waals surface area contributed by atoms with Crippen molar-refractivity contribution in [2.24, 2.45) is 17.8 Å². The first-order valence-corrected chi connectivity index (χ1v) is 8.90. The lowest BCUT2D eigenvalue weighted by atomic mass is 9.96. The highest BCUT2D eigenvalue weighted by molar-refractivity contribution is 5.86. The third kappa shape index (κ3) is 2.34. The van der Waals surface area contributed by atoms with E-state index in [1.54, 1.807) is 0 Å². The second-order valence-electron chi connectivity index (χ2n) is 8.03. The van der Waals surface area contributed by atoms with Gasteiger partial charge in [0.05, 0.1) is 16.7 Å². The van der Waals surface area contributed by atoms with E-state index >= 15 is 0 Å². The first-order chi connectivity index (χ1) is 11.4. The van der Waals surface area contributed by atoms with Crippen molar-refractivity contribution in [2.75, 3.05) is 13.1 Å². The summed E-state index contributed by atoms with van der Waals surface area (Å²) >= 11 is 0. The third-order valence-electron chi connectivity index (χ3n) is 5.53. The number of piperidine rings is 1. The second kappa shape index (κ2) is 5.31. The molecule has 5 heteroatoms. The third-order valence-corrected chi connectivity index (χ3v) is 5.53. The molecule has 2 aliphatic rings. The van der Waals surface area contributed by atoms with Gasteiger partial charge in [-0.2, -0.15) is 5.10 Å². The molecular formula is C19H26N4O. The summed E-state index contributed by atoms with van der Waals surface area (Å²) in [6.45, 7) is 10.3. The molecule has 2 heterocycles. The van der Waals surface area contributed by atoms with Gasteiger partial charge in [0.2, 0.25) is 5.91 Å². The monoisotopic (exact) mass is 326 g/mol. The van der Waals surface area contributed by atoms with Crippen LogP contribution in [-0.4, -0.2) is 28.8 Å². The number of benzene rings is 1. The van der Waals surface area contributed by atoms with Crippen molar-refractivity contribution in [2.45, 2.75) is 39.3 Å². The number of nitrogens with zero attached hydrogens (tertiary/aromatic N) is 2. The van der Waals surface area contributed by atoms with Gasteiger partial charge in [0.15, 0.2) is 0 Å². The molecular weight excluding hydrogens is 300 g/mol. The largest absolute Gasteiger partial charge is 0.345 e. The smallest absolute Gasteiger partial charge is 0.224 e. The fourth-order valence-corrected chi connectivity index (χ4v) is 4.20. The molecule has 1 saturated heterocycles. The summed E-state index contributed by atoms with van der Waals surface area (Å²) in [5, 5.41) is 12.6. The van der Waals surface area contributed by atoms with Crippen LogP contribution in [0.3, 0.4) is 0 Å². The SMILES string of the molecule is CC(C)n1nc(C(C)(C)NC(=O)C2[C@H]3CNC[C@@H]23)c2ccccc21. The molecule has 24 heavy (non-hydrogen) atoms. The van der Waals surface area contributed by atoms with Gasteiger partial charge in [0.25, 0.3) is 0 Å². The number of para-hydroxylation sites is 1. The van der Waals surface area contributed by atoms with Crippen molar-refractivity contribution in [3.05, 3.63) is 30.0 Å². The summed E-state index contributed by atoms with van der Waals surface area (Å²) in [5.74, 6) is 1.43. The maximum absolute atomic E-state index is 12.7. The highest BCUT2D eigenvalue weighted by Crippen LogP contribution is 2.49. The van der Waals surface area contributed by atoms with Crippen LogP contribution < -0.4 is 10.6 Å². The molecule has 1 saturated carbocycles. The molecule has 1 amide bonds. The normalized spacial score (nSPS) is 26.0. The highest BCUT2D eigenvalue weighted by Gasteiger charge is 2.57. The van der Waals surface area contributed by atoms with Gasteiger partial charge in [-0.05, 0) is 58.7 Å². The maximum atomic E-state index is 12.7.